The maximum absolute atomic E-state index is 14.7. The smallest absolute Gasteiger partial charge is 0.315 e. The van der Waals surface area contributed by atoms with Gasteiger partial charge in [-0.1, -0.05) is 104 Å². The maximum Gasteiger partial charge on any atom is 0.315 e. The Labute approximate surface area is 469 Å². The second-order valence-electron chi connectivity index (χ2n) is 20.7. The first-order chi connectivity index (χ1) is 38.5. The number of sulfonamides is 1. The molecule has 3 aliphatic rings. The second kappa shape index (κ2) is 25.6. The lowest BCUT2D eigenvalue weighted by molar-refractivity contribution is -0.129. The molecule has 2 aromatic heterocycles. The largest absolute Gasteiger partial charge is 0.390 e. The van der Waals surface area contributed by atoms with Crippen molar-refractivity contribution in [3.63, 3.8) is 0 Å². The molecule has 2 saturated heterocycles. The molecule has 20 nitrogen and oxygen atoms in total. The maximum atomic E-state index is 14.7. The van der Waals surface area contributed by atoms with Gasteiger partial charge in [0, 0.05) is 72.6 Å². The van der Waals surface area contributed by atoms with E-state index in [2.05, 4.69) is 41.9 Å². The number of carbonyl (C=O) groups excluding carboxylic acids is 5. The highest BCUT2D eigenvalue weighted by molar-refractivity contribution is 8.00. The summed E-state index contributed by atoms with van der Waals surface area (Å²) >= 11 is 1.86. The molecule has 0 saturated carbocycles. The number of pyridine rings is 1. The summed E-state index contributed by atoms with van der Waals surface area (Å²) in [5, 5.41) is 35.8. The lowest BCUT2D eigenvalue weighted by Gasteiger charge is -2.30. The molecule has 4 aromatic carbocycles. The highest BCUT2D eigenvalue weighted by Crippen LogP contribution is 2.37. The number of hydrogen-bond acceptors (Lipinski definition) is 14. The zero-order valence-corrected chi connectivity index (χ0v) is 46.9. The Kier molecular flexibility index (Phi) is 18.4. The number of carbonyl (C=O) groups is 5. The predicted octanol–water partition coefficient (Wildman–Crippen LogP) is 5.37. The Balaban J connectivity index is 0.801. The summed E-state index contributed by atoms with van der Waals surface area (Å²) in [7, 11) is -8.97. The Bertz CT molecular complexity index is 3460. The zero-order valence-electron chi connectivity index (χ0n) is 44.5. The number of nitrogens with zero attached hydrogens (tertiary/aromatic N) is 5. The van der Waals surface area contributed by atoms with Crippen LogP contribution in [-0.2, 0) is 47.2 Å². The lowest BCUT2D eigenvalue weighted by Crippen LogP contribution is -2.47. The molecule has 2 fully saturated rings. The number of aliphatic hydroxyl groups excluding tert-OH is 1. The topological polar surface area (TPSA) is 281 Å². The van der Waals surface area contributed by atoms with Gasteiger partial charge in [0.1, 0.15) is 16.6 Å². The molecule has 2 unspecified atom stereocenters. The molecule has 0 radical (unpaired) electrons. The summed E-state index contributed by atoms with van der Waals surface area (Å²) in [5.41, 5.74) is 2.90. The number of fused-ring (bicyclic) bond motifs is 2. The van der Waals surface area contributed by atoms with Crippen molar-refractivity contribution in [2.75, 3.05) is 25.4 Å². The minimum Gasteiger partial charge on any atom is -0.390 e. The van der Waals surface area contributed by atoms with E-state index in [-0.39, 0.29) is 72.1 Å². The van der Waals surface area contributed by atoms with Gasteiger partial charge >= 0.3 is 6.03 Å². The first-order valence-electron chi connectivity index (χ1n) is 27.0. The van der Waals surface area contributed by atoms with Crippen molar-refractivity contribution in [2.45, 2.75) is 134 Å². The number of sulfone groups is 1. The molecule has 80 heavy (non-hydrogen) atoms. The van der Waals surface area contributed by atoms with Gasteiger partial charge < -0.3 is 31.7 Å². The highest BCUT2D eigenvalue weighted by atomic mass is 32.2. The van der Waals surface area contributed by atoms with Crippen LogP contribution in [0.2, 0.25) is 0 Å². The van der Waals surface area contributed by atoms with Gasteiger partial charge in [-0.15, -0.1) is 5.10 Å². The van der Waals surface area contributed by atoms with E-state index in [1.165, 1.54) is 47.4 Å². The van der Waals surface area contributed by atoms with Gasteiger partial charge in [-0.25, -0.2) is 26.3 Å². The molecule has 3 aliphatic heterocycles. The van der Waals surface area contributed by atoms with E-state index < -0.39 is 66.2 Å². The molecule has 5 amide bonds. The van der Waals surface area contributed by atoms with Crippen molar-refractivity contribution in [1.82, 2.24) is 50.9 Å². The molecular formula is C57H66N10O10S3. The molecule has 6 N–H and O–H groups in total. The summed E-state index contributed by atoms with van der Waals surface area (Å²) in [4.78, 5) is 68.2. The number of hydrogen-bond donors (Lipinski definition) is 6. The fraction of sp³-hybridized carbons (Fsp3) is 0.404. The molecule has 23 heteroatoms. The first-order valence-corrected chi connectivity index (χ1v) is 31.0. The highest BCUT2D eigenvalue weighted by Gasteiger charge is 2.43. The number of nitrogens with one attached hydrogen (secondary N) is 5. The van der Waals surface area contributed by atoms with Gasteiger partial charge in [-0.05, 0) is 73.9 Å². The lowest BCUT2D eigenvalue weighted by atomic mass is 9.97. The summed E-state index contributed by atoms with van der Waals surface area (Å²) in [6.45, 7) is 3.26. The van der Waals surface area contributed by atoms with Gasteiger partial charge in [-0.2, -0.15) is 16.1 Å². The number of β-amino-alcohol motifs (C(OH)–C–C–N with tert-alkyl or cyclic N) is 1. The number of aliphatic hydroxyl groups is 1. The van der Waals surface area contributed by atoms with Crippen LogP contribution in [0.3, 0.4) is 0 Å². The van der Waals surface area contributed by atoms with Crippen LogP contribution in [0.5, 0.6) is 0 Å². The van der Waals surface area contributed by atoms with E-state index >= 15 is 0 Å². The van der Waals surface area contributed by atoms with Crippen molar-refractivity contribution in [1.29, 1.82) is 0 Å². The van der Waals surface area contributed by atoms with Crippen LogP contribution in [0.15, 0.2) is 130 Å². The van der Waals surface area contributed by atoms with E-state index in [9.17, 15) is 45.9 Å². The van der Waals surface area contributed by atoms with Gasteiger partial charge in [-0.3, -0.25) is 24.2 Å². The summed E-state index contributed by atoms with van der Waals surface area (Å²) < 4.78 is 60.4. The minimum atomic E-state index is -4.56. The number of urea groups is 1. The quantitative estimate of drug-likeness (QED) is 0.0268. The van der Waals surface area contributed by atoms with Crippen molar-refractivity contribution in [3.05, 3.63) is 143 Å². The summed E-state index contributed by atoms with van der Waals surface area (Å²) in [6, 6.07) is 26.0. The second-order valence-corrected chi connectivity index (χ2v) is 25.8. The number of rotatable bonds is 23. The van der Waals surface area contributed by atoms with Gasteiger partial charge in [0.25, 0.3) is 0 Å². The Morgan fingerprint density at radius 1 is 0.800 bits per heavy atom. The number of para-hydroxylation sites is 1. The molecule has 4 bridgehead atoms. The van der Waals surface area contributed by atoms with Crippen LogP contribution in [0.25, 0.3) is 10.9 Å². The van der Waals surface area contributed by atoms with Crippen LogP contribution in [0, 0.1) is 0 Å². The molecule has 0 aliphatic carbocycles. The molecular weight excluding hydrogens is 1080 g/mol. The van der Waals surface area contributed by atoms with Crippen LogP contribution in [0.4, 0.5) is 4.79 Å². The number of ketones is 1. The Morgan fingerprint density at radius 2 is 1.51 bits per heavy atom. The number of benzene rings is 4. The fourth-order valence-corrected chi connectivity index (χ4v) is 15.8. The van der Waals surface area contributed by atoms with Crippen LogP contribution in [0.1, 0.15) is 110 Å². The standard InChI is InChI=1S/C57H66N10O10S3/c1-36-32-66(80(76,77)49-19-10-9-18-48(49)79(74,75)50-20-13-16-43-42(36)27-29-59-53(43)50)34-46(68)37(2)67-33-41(64-65-67)31-60-56(72)44(30-38-23-25-40(26-24-38)55(71)39-14-5-3-6-15-39)61-52(70)22-7-4-12-28-58-51(69)21-11-8-17-47-54-45(35-78-47)62-57(73)63-54/h3,5-6,9-10,13-16,18-20,23-27,29,33,36-37,44-47,54,68H,4,7-8,11-12,17,21-22,28,30-32,34-35H2,1-2H3,(H,58,69)(H,60,72)(H,61,70)(H2,62,63,73)/t36?,37-,44-,45-,46?,47-,54-/m0/s1. The Hall–Kier alpha value is -7.05. The monoisotopic (exact) mass is 1150 g/mol. The van der Waals surface area contributed by atoms with Crippen LogP contribution < -0.4 is 26.6 Å². The molecule has 5 heterocycles. The number of amides is 5. The number of unbranched alkanes of at least 4 members (excludes halogenated alkanes) is 3. The number of thioether (sulfide) groups is 1. The first kappa shape index (κ1) is 57.6. The molecule has 422 valence electrons. The molecule has 6 aromatic rings. The van der Waals surface area contributed by atoms with E-state index in [1.807, 2.05) is 24.8 Å². The third-order valence-electron chi connectivity index (χ3n) is 15.0. The van der Waals surface area contributed by atoms with E-state index in [0.29, 0.717) is 70.8 Å². The van der Waals surface area contributed by atoms with Gasteiger partial charge in [0.2, 0.25) is 37.6 Å². The normalized spacial score (nSPS) is 20.3. The van der Waals surface area contributed by atoms with Gasteiger partial charge in [0.05, 0.1) is 52.3 Å². The van der Waals surface area contributed by atoms with E-state index in [1.54, 1.807) is 73.7 Å². The summed E-state index contributed by atoms with van der Waals surface area (Å²) in [6.07, 6.45) is 6.74. The predicted molar refractivity (Wildman–Crippen MR) is 301 cm³/mol. The van der Waals surface area contributed by atoms with Crippen LogP contribution in [-0.4, -0.2) is 131 Å². The van der Waals surface area contributed by atoms with E-state index in [4.69, 9.17) is 0 Å². The van der Waals surface area contributed by atoms with Gasteiger partial charge in [0.15, 0.2) is 5.78 Å². The van der Waals surface area contributed by atoms with Crippen molar-refractivity contribution in [3.8, 4) is 0 Å². The van der Waals surface area contributed by atoms with Crippen molar-refractivity contribution < 1.29 is 45.9 Å². The summed E-state index contributed by atoms with van der Waals surface area (Å²) in [5.74, 6) is -0.603. The third kappa shape index (κ3) is 13.4. The van der Waals surface area contributed by atoms with Crippen molar-refractivity contribution in [2.24, 2.45) is 0 Å². The van der Waals surface area contributed by atoms with Crippen LogP contribution >= 0.6 is 11.8 Å². The third-order valence-corrected chi connectivity index (χ3v) is 20.4. The van der Waals surface area contributed by atoms with E-state index in [0.717, 1.165) is 29.3 Å². The van der Waals surface area contributed by atoms with Crippen molar-refractivity contribution >= 4 is 72.1 Å². The SMILES string of the molecule is CC1CN(CC(O)[C@H](C)n2cc(CNC(=O)[C@H](Cc3ccc(C(=O)c4ccccc4)cc3)NC(=O)CCCCCNC(=O)CCCC[C@@H]3SC[C@@H]4NC(=O)N[C@@H]43)nn2)S(=O)(=O)c2ccccc2S(=O)(=O)c2cccc3c1ccnc23. The zero-order chi connectivity index (χ0) is 56.6. The number of aromatic nitrogens is 4. The average molecular weight is 1150 g/mol. The minimum absolute atomic E-state index is 0.0218. The molecule has 9 rings (SSSR count). The molecule has 7 atom stereocenters. The average Bonchev–Trinajstić information content (AvgIpc) is 4.20. The fourth-order valence-electron chi connectivity index (χ4n) is 10.5. The Morgan fingerprint density at radius 3 is 2.30 bits per heavy atom. The molecule has 0 spiro atoms.